The molecule has 0 unspecified atom stereocenters. The van der Waals surface area contributed by atoms with Gasteiger partial charge in [0.25, 0.3) is 0 Å². The molecule has 0 aromatic heterocycles. The van der Waals surface area contributed by atoms with Crippen LogP contribution in [0.5, 0.6) is 0 Å². The first-order valence-corrected chi connectivity index (χ1v) is 6.96. The molecule has 1 rings (SSSR count). The second kappa shape index (κ2) is 5.98. The van der Waals surface area contributed by atoms with Crippen molar-refractivity contribution in [1.82, 2.24) is 4.72 Å². The number of alkyl halides is 4. The van der Waals surface area contributed by atoms with E-state index in [1.807, 2.05) is 0 Å². The van der Waals surface area contributed by atoms with E-state index in [-0.39, 0.29) is 11.1 Å². The molecule has 1 aromatic rings. The van der Waals surface area contributed by atoms with Gasteiger partial charge in [-0.3, -0.25) is 0 Å². The summed E-state index contributed by atoms with van der Waals surface area (Å²) in [5.41, 5.74) is -0.517. The lowest BCUT2D eigenvalue weighted by Gasteiger charge is -2.17. The van der Waals surface area contributed by atoms with E-state index in [1.165, 1.54) is 11.6 Å². The fourth-order valence-electron chi connectivity index (χ4n) is 1.48. The van der Waals surface area contributed by atoms with Crippen LogP contribution in [0.15, 0.2) is 23.1 Å². The van der Waals surface area contributed by atoms with Crippen LogP contribution in [-0.2, 0) is 10.0 Å². The largest absolute Gasteiger partial charge is 0.478 e. The zero-order valence-electron chi connectivity index (χ0n) is 10.6. The van der Waals surface area contributed by atoms with E-state index in [4.69, 9.17) is 5.11 Å². The second-order valence-electron chi connectivity index (χ2n) is 4.12. The van der Waals surface area contributed by atoms with Gasteiger partial charge in [-0.2, -0.15) is 8.78 Å². The summed E-state index contributed by atoms with van der Waals surface area (Å²) in [7, 11) is -4.54. The number of nitrogens with one attached hydrogen (secondary N) is 1. The molecule has 0 radical (unpaired) electrons. The fourth-order valence-corrected chi connectivity index (χ4v) is 2.79. The molecule has 118 valence electrons. The Balaban J connectivity index is 3.10. The summed E-state index contributed by atoms with van der Waals surface area (Å²) in [5.74, 6) is -5.92. The van der Waals surface area contributed by atoms with E-state index in [2.05, 4.69) is 0 Å². The first-order chi connectivity index (χ1) is 9.49. The number of rotatable bonds is 6. The number of sulfonamides is 1. The molecule has 5 nitrogen and oxygen atoms in total. The smallest absolute Gasteiger partial charge is 0.335 e. The van der Waals surface area contributed by atoms with Gasteiger partial charge in [0.1, 0.15) is 0 Å². The van der Waals surface area contributed by atoms with Gasteiger partial charge in [-0.05, 0) is 24.6 Å². The molecule has 0 aliphatic rings. The number of benzene rings is 1. The zero-order valence-corrected chi connectivity index (χ0v) is 11.4. The van der Waals surface area contributed by atoms with Gasteiger partial charge in [0.15, 0.2) is 0 Å². The lowest BCUT2D eigenvalue weighted by atomic mass is 10.1. The maximum Gasteiger partial charge on any atom is 0.335 e. The highest BCUT2D eigenvalue weighted by molar-refractivity contribution is 7.89. The van der Waals surface area contributed by atoms with Crippen LogP contribution in [-0.4, -0.2) is 38.4 Å². The number of hydrogen-bond acceptors (Lipinski definition) is 3. The molecule has 21 heavy (non-hydrogen) atoms. The fraction of sp³-hybridized carbons (Fsp3) is 0.364. The minimum atomic E-state index is -4.54. The highest BCUT2D eigenvalue weighted by Crippen LogP contribution is 2.24. The van der Waals surface area contributed by atoms with Crippen molar-refractivity contribution >= 4 is 16.0 Å². The third kappa shape index (κ3) is 3.91. The van der Waals surface area contributed by atoms with Gasteiger partial charge in [-0.25, -0.2) is 26.7 Å². The van der Waals surface area contributed by atoms with Crippen LogP contribution in [0.3, 0.4) is 0 Å². The Hall–Kier alpha value is -1.68. The molecule has 2 N–H and O–H groups in total. The normalized spacial score (nSPS) is 12.7. The summed E-state index contributed by atoms with van der Waals surface area (Å²) >= 11 is 0. The van der Waals surface area contributed by atoms with E-state index in [0.29, 0.717) is 0 Å². The Morgan fingerprint density at radius 1 is 1.38 bits per heavy atom. The van der Waals surface area contributed by atoms with Crippen molar-refractivity contribution in [1.29, 1.82) is 0 Å². The quantitative estimate of drug-likeness (QED) is 0.781. The molecule has 0 aliphatic carbocycles. The van der Waals surface area contributed by atoms with E-state index in [1.54, 1.807) is 0 Å². The number of carboxylic acid groups (broad SMARTS) is 1. The summed E-state index contributed by atoms with van der Waals surface area (Å²) in [6.07, 6.45) is -4.02. The Morgan fingerprint density at radius 2 is 1.95 bits per heavy atom. The molecule has 1 aromatic carbocycles. The van der Waals surface area contributed by atoms with Crippen molar-refractivity contribution in [2.75, 3.05) is 6.54 Å². The van der Waals surface area contributed by atoms with Crippen LogP contribution in [0.2, 0.25) is 0 Å². The van der Waals surface area contributed by atoms with Crippen molar-refractivity contribution in [3.63, 3.8) is 0 Å². The van der Waals surface area contributed by atoms with Crippen molar-refractivity contribution < 1.29 is 35.9 Å². The lowest BCUT2D eigenvalue weighted by molar-refractivity contribution is -0.122. The first-order valence-electron chi connectivity index (χ1n) is 5.47. The van der Waals surface area contributed by atoms with Gasteiger partial charge < -0.3 is 5.11 Å². The van der Waals surface area contributed by atoms with E-state index in [9.17, 15) is 30.8 Å². The van der Waals surface area contributed by atoms with Crippen molar-refractivity contribution in [2.45, 2.75) is 24.2 Å². The second-order valence-corrected chi connectivity index (χ2v) is 5.86. The summed E-state index contributed by atoms with van der Waals surface area (Å²) in [4.78, 5) is 10.3. The molecule has 10 heteroatoms. The molecular weight excluding hydrogens is 318 g/mol. The SMILES string of the molecule is Cc1c(C(=O)O)cccc1S(=O)(=O)NCC(F)(F)C(F)F. The number of carboxylic acids is 1. The lowest BCUT2D eigenvalue weighted by Crippen LogP contribution is -2.41. The predicted octanol–water partition coefficient (Wildman–Crippen LogP) is 1.87. The van der Waals surface area contributed by atoms with Crippen LogP contribution in [0.1, 0.15) is 15.9 Å². The maximum absolute atomic E-state index is 12.7. The summed E-state index contributed by atoms with van der Waals surface area (Å²) < 4.78 is 74.4. The van der Waals surface area contributed by atoms with Crippen LogP contribution < -0.4 is 4.72 Å². The molecular formula is C11H11F4NO4S. The molecule has 0 heterocycles. The first kappa shape index (κ1) is 17.4. The summed E-state index contributed by atoms with van der Waals surface area (Å²) in [6.45, 7) is -0.618. The van der Waals surface area contributed by atoms with Gasteiger partial charge in [0, 0.05) is 0 Å². The molecule has 0 fully saturated rings. The maximum atomic E-state index is 12.7. The minimum absolute atomic E-state index is 0.183. The van der Waals surface area contributed by atoms with Crippen LogP contribution in [0.4, 0.5) is 17.6 Å². The summed E-state index contributed by atoms with van der Waals surface area (Å²) in [6, 6.07) is 3.23. The van der Waals surface area contributed by atoms with Crippen molar-refractivity contribution in [3.8, 4) is 0 Å². The number of aromatic carboxylic acids is 1. The highest BCUT2D eigenvalue weighted by Gasteiger charge is 2.41. The van der Waals surface area contributed by atoms with Crippen LogP contribution in [0.25, 0.3) is 0 Å². The predicted molar refractivity (Wildman–Crippen MR) is 64.3 cm³/mol. The standard InChI is InChI=1S/C11H11F4NO4S/c1-6-7(9(17)18)3-2-4-8(6)21(19,20)16-5-11(14,15)10(12)13/h2-4,10,16H,5H2,1H3,(H,17,18). The molecule has 0 bridgehead atoms. The highest BCUT2D eigenvalue weighted by atomic mass is 32.2. The number of carbonyl (C=O) groups is 1. The monoisotopic (exact) mass is 329 g/mol. The average Bonchev–Trinajstić information content (AvgIpc) is 2.36. The van der Waals surface area contributed by atoms with Crippen LogP contribution >= 0.6 is 0 Å². The Morgan fingerprint density at radius 3 is 2.43 bits per heavy atom. The average molecular weight is 329 g/mol. The zero-order chi connectivity index (χ0) is 16.4. The van der Waals surface area contributed by atoms with Gasteiger partial charge in [-0.1, -0.05) is 6.07 Å². The van der Waals surface area contributed by atoms with Crippen molar-refractivity contribution in [3.05, 3.63) is 29.3 Å². The van der Waals surface area contributed by atoms with Gasteiger partial charge in [0.05, 0.1) is 17.0 Å². The van der Waals surface area contributed by atoms with Gasteiger partial charge in [0.2, 0.25) is 10.0 Å². The molecule has 0 saturated heterocycles. The molecule has 0 amide bonds. The Bertz CT molecular complexity index is 646. The Labute approximate surface area is 117 Å². The van der Waals surface area contributed by atoms with Crippen molar-refractivity contribution in [2.24, 2.45) is 0 Å². The topological polar surface area (TPSA) is 83.5 Å². The third-order valence-corrected chi connectivity index (χ3v) is 4.17. The number of hydrogen-bond donors (Lipinski definition) is 2. The Kier molecular flexibility index (Phi) is 4.95. The molecule has 0 aliphatic heterocycles. The minimum Gasteiger partial charge on any atom is -0.478 e. The van der Waals surface area contributed by atoms with Gasteiger partial charge >= 0.3 is 18.3 Å². The van der Waals surface area contributed by atoms with Gasteiger partial charge in [-0.15, -0.1) is 0 Å². The van der Waals surface area contributed by atoms with Crippen LogP contribution in [0, 0.1) is 6.92 Å². The van der Waals surface area contributed by atoms with E-state index in [0.717, 1.165) is 18.2 Å². The third-order valence-electron chi connectivity index (χ3n) is 2.62. The number of halogens is 4. The molecule has 0 atom stereocenters. The summed E-state index contributed by atoms with van der Waals surface area (Å²) in [5, 5.41) is 8.85. The molecule has 0 saturated carbocycles. The molecule has 0 spiro atoms. The van der Waals surface area contributed by atoms with E-state index >= 15 is 0 Å². The van der Waals surface area contributed by atoms with E-state index < -0.39 is 39.8 Å².